The summed E-state index contributed by atoms with van der Waals surface area (Å²) in [6, 6.07) is 0. The smallest absolute Gasteiger partial charge is 0.145 e. The number of hydrogen-bond acceptors (Lipinski definition) is 3. The summed E-state index contributed by atoms with van der Waals surface area (Å²) in [5, 5.41) is 3.04. The Labute approximate surface area is 74.9 Å². The summed E-state index contributed by atoms with van der Waals surface area (Å²) in [6.07, 6.45) is 0. The standard InChI is InChI=1S/C7H12BrN3/c1-4(2)5-3-10-7(9)6(8)11-5/h4,10H,3,9H2,1-2H3. The van der Waals surface area contributed by atoms with E-state index in [0.717, 1.165) is 12.3 Å². The molecule has 0 spiro atoms. The molecule has 0 saturated carbocycles. The van der Waals surface area contributed by atoms with E-state index in [4.69, 9.17) is 5.73 Å². The molecule has 62 valence electrons. The predicted octanol–water partition coefficient (Wildman–Crippen LogP) is 1.17. The Kier molecular flexibility index (Phi) is 2.54. The van der Waals surface area contributed by atoms with Gasteiger partial charge in [-0.2, -0.15) is 0 Å². The Bertz CT molecular complexity index is 218. The number of rotatable bonds is 1. The van der Waals surface area contributed by atoms with Crippen molar-refractivity contribution in [2.45, 2.75) is 13.8 Å². The Morgan fingerprint density at radius 2 is 2.27 bits per heavy atom. The van der Waals surface area contributed by atoms with Gasteiger partial charge in [0.15, 0.2) is 0 Å². The molecular weight excluding hydrogens is 206 g/mol. The van der Waals surface area contributed by atoms with E-state index in [9.17, 15) is 0 Å². The zero-order valence-electron chi connectivity index (χ0n) is 6.69. The van der Waals surface area contributed by atoms with E-state index in [1.165, 1.54) is 0 Å². The third-order valence-electron chi connectivity index (χ3n) is 1.59. The maximum absolute atomic E-state index is 5.56. The second-order valence-electron chi connectivity index (χ2n) is 2.82. The van der Waals surface area contributed by atoms with Crippen LogP contribution in [0.1, 0.15) is 13.8 Å². The van der Waals surface area contributed by atoms with Gasteiger partial charge >= 0.3 is 0 Å². The van der Waals surface area contributed by atoms with Gasteiger partial charge in [-0.15, -0.1) is 0 Å². The molecule has 1 heterocycles. The van der Waals surface area contributed by atoms with Crippen molar-refractivity contribution < 1.29 is 0 Å². The maximum Gasteiger partial charge on any atom is 0.145 e. The van der Waals surface area contributed by atoms with Crippen LogP contribution in [0.2, 0.25) is 0 Å². The molecule has 0 unspecified atom stereocenters. The minimum atomic E-state index is 0.475. The summed E-state index contributed by atoms with van der Waals surface area (Å²) < 4.78 is 0.715. The van der Waals surface area contributed by atoms with E-state index < -0.39 is 0 Å². The lowest BCUT2D eigenvalue weighted by atomic mass is 10.1. The molecule has 3 nitrogen and oxygen atoms in total. The van der Waals surface area contributed by atoms with Crippen molar-refractivity contribution in [1.29, 1.82) is 0 Å². The minimum absolute atomic E-state index is 0.475. The molecule has 0 bridgehead atoms. The Morgan fingerprint density at radius 3 is 2.73 bits per heavy atom. The third kappa shape index (κ3) is 1.96. The van der Waals surface area contributed by atoms with Crippen LogP contribution in [-0.2, 0) is 0 Å². The molecule has 0 atom stereocenters. The molecule has 11 heavy (non-hydrogen) atoms. The highest BCUT2D eigenvalue weighted by molar-refractivity contribution is 9.11. The van der Waals surface area contributed by atoms with Gasteiger partial charge < -0.3 is 11.1 Å². The van der Waals surface area contributed by atoms with Crippen LogP contribution < -0.4 is 11.1 Å². The number of nitrogens with two attached hydrogens (primary N) is 1. The van der Waals surface area contributed by atoms with Crippen molar-refractivity contribution in [3.8, 4) is 0 Å². The fourth-order valence-corrected chi connectivity index (χ4v) is 1.19. The molecule has 0 fully saturated rings. The van der Waals surface area contributed by atoms with Crippen LogP contribution in [0.5, 0.6) is 0 Å². The van der Waals surface area contributed by atoms with Crippen LogP contribution in [0.3, 0.4) is 0 Å². The Balaban J connectivity index is 2.81. The van der Waals surface area contributed by atoms with Crippen molar-refractivity contribution in [3.63, 3.8) is 0 Å². The van der Waals surface area contributed by atoms with Gasteiger partial charge in [0, 0.05) is 5.71 Å². The molecule has 1 aliphatic heterocycles. The zero-order valence-corrected chi connectivity index (χ0v) is 8.27. The van der Waals surface area contributed by atoms with Gasteiger partial charge in [0.1, 0.15) is 10.4 Å². The average molecular weight is 218 g/mol. The summed E-state index contributed by atoms with van der Waals surface area (Å²) in [5.41, 5.74) is 6.69. The first-order chi connectivity index (χ1) is 5.11. The van der Waals surface area contributed by atoms with Gasteiger partial charge in [-0.3, -0.25) is 0 Å². The fourth-order valence-electron chi connectivity index (χ4n) is 0.818. The number of halogens is 1. The summed E-state index contributed by atoms with van der Waals surface area (Å²) in [4.78, 5) is 4.29. The maximum atomic E-state index is 5.56. The predicted molar refractivity (Wildman–Crippen MR) is 50.4 cm³/mol. The molecule has 0 aromatic rings. The van der Waals surface area contributed by atoms with E-state index in [1.807, 2.05) is 0 Å². The molecule has 1 aliphatic rings. The minimum Gasteiger partial charge on any atom is -0.383 e. The van der Waals surface area contributed by atoms with Crippen LogP contribution in [0, 0.1) is 5.92 Å². The topological polar surface area (TPSA) is 50.4 Å². The molecule has 0 aliphatic carbocycles. The van der Waals surface area contributed by atoms with Gasteiger partial charge in [0.05, 0.1) is 6.54 Å². The van der Waals surface area contributed by atoms with Crippen LogP contribution in [0.4, 0.5) is 0 Å². The van der Waals surface area contributed by atoms with Gasteiger partial charge in [-0.1, -0.05) is 13.8 Å². The summed E-state index contributed by atoms with van der Waals surface area (Å²) in [6.45, 7) is 4.99. The first-order valence-corrected chi connectivity index (χ1v) is 4.37. The lowest BCUT2D eigenvalue weighted by Crippen LogP contribution is -2.33. The lowest BCUT2D eigenvalue weighted by Gasteiger charge is -2.17. The lowest BCUT2D eigenvalue weighted by molar-refractivity contribution is 0.795. The molecule has 0 saturated heterocycles. The summed E-state index contributed by atoms with van der Waals surface area (Å²) >= 11 is 3.27. The van der Waals surface area contributed by atoms with Crippen LogP contribution in [0.15, 0.2) is 15.4 Å². The normalized spacial score (nSPS) is 18.4. The molecule has 3 N–H and O–H groups in total. The molecule has 0 aromatic carbocycles. The number of aliphatic imine (C=N–C) groups is 1. The van der Waals surface area contributed by atoms with E-state index in [2.05, 4.69) is 40.1 Å². The SMILES string of the molecule is CC(C)C1=NC(Br)=C(N)NC1. The average Bonchev–Trinajstić information content (AvgIpc) is 1.94. The van der Waals surface area contributed by atoms with Gasteiger partial charge in [0.25, 0.3) is 0 Å². The highest BCUT2D eigenvalue weighted by Gasteiger charge is 2.12. The van der Waals surface area contributed by atoms with Crippen molar-refractivity contribution in [2.75, 3.05) is 6.54 Å². The highest BCUT2D eigenvalue weighted by atomic mass is 79.9. The van der Waals surface area contributed by atoms with Crippen LogP contribution in [-0.4, -0.2) is 12.3 Å². The molecule has 4 heteroatoms. The fraction of sp³-hybridized carbons (Fsp3) is 0.571. The molecule has 0 amide bonds. The van der Waals surface area contributed by atoms with Crippen molar-refractivity contribution in [2.24, 2.45) is 16.6 Å². The second-order valence-corrected chi connectivity index (χ2v) is 3.57. The van der Waals surface area contributed by atoms with Gasteiger partial charge in [-0.25, -0.2) is 4.99 Å². The molecule has 0 radical (unpaired) electrons. The summed E-state index contributed by atoms with van der Waals surface area (Å²) in [5.74, 6) is 1.09. The highest BCUT2D eigenvalue weighted by Crippen LogP contribution is 2.14. The Morgan fingerprint density at radius 1 is 1.64 bits per heavy atom. The quantitative estimate of drug-likeness (QED) is 0.649. The second kappa shape index (κ2) is 3.26. The van der Waals surface area contributed by atoms with Crippen LogP contribution >= 0.6 is 15.9 Å². The Hall–Kier alpha value is -0.510. The van der Waals surface area contributed by atoms with E-state index in [-0.39, 0.29) is 0 Å². The largest absolute Gasteiger partial charge is 0.383 e. The van der Waals surface area contributed by atoms with Gasteiger partial charge in [0.2, 0.25) is 0 Å². The number of hydrogen-bond donors (Lipinski definition) is 2. The summed E-state index contributed by atoms with van der Waals surface area (Å²) in [7, 11) is 0. The van der Waals surface area contributed by atoms with E-state index in [1.54, 1.807) is 0 Å². The van der Waals surface area contributed by atoms with E-state index in [0.29, 0.717) is 16.3 Å². The van der Waals surface area contributed by atoms with Crippen LogP contribution in [0.25, 0.3) is 0 Å². The first-order valence-electron chi connectivity index (χ1n) is 3.58. The first kappa shape index (κ1) is 8.59. The number of nitrogens with one attached hydrogen (secondary N) is 1. The molecular formula is C7H12BrN3. The monoisotopic (exact) mass is 217 g/mol. The van der Waals surface area contributed by atoms with Crippen molar-refractivity contribution in [1.82, 2.24) is 5.32 Å². The van der Waals surface area contributed by atoms with Crippen molar-refractivity contribution in [3.05, 3.63) is 10.4 Å². The molecule has 0 aromatic heterocycles. The number of nitrogens with zero attached hydrogens (tertiary/aromatic N) is 1. The van der Waals surface area contributed by atoms with Gasteiger partial charge in [-0.05, 0) is 21.8 Å². The van der Waals surface area contributed by atoms with Crippen molar-refractivity contribution >= 4 is 21.6 Å². The molecule has 1 rings (SSSR count). The third-order valence-corrected chi connectivity index (χ3v) is 2.19. The zero-order chi connectivity index (χ0) is 8.43. The van der Waals surface area contributed by atoms with E-state index >= 15 is 0 Å².